The summed E-state index contributed by atoms with van der Waals surface area (Å²) in [6.45, 7) is 2.49. The van der Waals surface area contributed by atoms with Gasteiger partial charge in [-0.2, -0.15) is 0 Å². The highest BCUT2D eigenvalue weighted by Gasteiger charge is 2.29. The first kappa shape index (κ1) is 27.4. The van der Waals surface area contributed by atoms with Gasteiger partial charge in [-0.3, -0.25) is 9.59 Å². The lowest BCUT2D eigenvalue weighted by Gasteiger charge is -2.34. The van der Waals surface area contributed by atoms with Gasteiger partial charge in [0.1, 0.15) is 29.0 Å². The summed E-state index contributed by atoms with van der Waals surface area (Å²) in [5.74, 6) is -1.72. The molecular weight excluding hydrogens is 518 g/mol. The number of ether oxygens (including phenoxy) is 2. The van der Waals surface area contributed by atoms with E-state index in [1.807, 2.05) is 7.05 Å². The number of piperazine rings is 1. The summed E-state index contributed by atoms with van der Waals surface area (Å²) >= 11 is 6.07. The number of hydrogen-bond acceptors (Lipinski definition) is 6. The van der Waals surface area contributed by atoms with Crippen molar-refractivity contribution < 1.29 is 27.8 Å². The smallest absolute Gasteiger partial charge is 0.257 e. The van der Waals surface area contributed by atoms with Crippen LogP contribution in [0.3, 0.4) is 0 Å². The number of aromatic nitrogens is 1. The number of hydrogen-bond donors (Lipinski definition) is 1. The van der Waals surface area contributed by atoms with E-state index >= 15 is 0 Å². The van der Waals surface area contributed by atoms with Crippen molar-refractivity contribution in [2.75, 3.05) is 39.8 Å². The third kappa shape index (κ3) is 7.25. The predicted molar refractivity (Wildman–Crippen MR) is 137 cm³/mol. The molecule has 4 rings (SSSR count). The monoisotopic (exact) mass is 544 g/mol. The molecule has 8 nitrogen and oxygen atoms in total. The van der Waals surface area contributed by atoms with Gasteiger partial charge in [-0.15, -0.1) is 0 Å². The SMILES string of the molecule is CN1CCN(C(=O)C(COCc2ccc(F)cc2)NC(=O)c2cccnc2Oc2ccc(F)cc2Cl)CC1. The molecule has 1 unspecified atom stereocenters. The van der Waals surface area contributed by atoms with Gasteiger partial charge in [-0.05, 0) is 55.1 Å². The number of amides is 2. The largest absolute Gasteiger partial charge is 0.437 e. The van der Waals surface area contributed by atoms with Crippen molar-refractivity contribution >= 4 is 23.4 Å². The molecule has 0 aliphatic carbocycles. The fraction of sp³-hybridized carbons (Fsp3) is 0.296. The molecule has 1 aliphatic rings. The zero-order valence-electron chi connectivity index (χ0n) is 20.7. The van der Waals surface area contributed by atoms with E-state index in [4.69, 9.17) is 21.1 Å². The van der Waals surface area contributed by atoms with Gasteiger partial charge in [-0.1, -0.05) is 23.7 Å². The van der Waals surface area contributed by atoms with Gasteiger partial charge in [0, 0.05) is 32.4 Å². The molecule has 2 aromatic carbocycles. The van der Waals surface area contributed by atoms with E-state index in [9.17, 15) is 18.4 Å². The van der Waals surface area contributed by atoms with Crippen LogP contribution in [0.25, 0.3) is 0 Å². The minimum absolute atomic E-state index is 0.0133. The number of benzene rings is 2. The summed E-state index contributed by atoms with van der Waals surface area (Å²) in [6.07, 6.45) is 1.43. The number of carbonyl (C=O) groups is 2. The molecule has 1 aliphatic heterocycles. The second-order valence-corrected chi connectivity index (χ2v) is 9.24. The number of carbonyl (C=O) groups excluding carboxylic acids is 2. The average Bonchev–Trinajstić information content (AvgIpc) is 2.91. The fourth-order valence-corrected chi connectivity index (χ4v) is 4.05. The Balaban J connectivity index is 1.49. The third-order valence-corrected chi connectivity index (χ3v) is 6.30. The van der Waals surface area contributed by atoms with Crippen molar-refractivity contribution in [3.8, 4) is 11.6 Å². The molecule has 0 saturated carbocycles. The predicted octanol–water partition coefficient (Wildman–Crippen LogP) is 3.89. The van der Waals surface area contributed by atoms with Crippen LogP contribution in [0.2, 0.25) is 5.02 Å². The van der Waals surface area contributed by atoms with Gasteiger partial charge in [0.25, 0.3) is 5.91 Å². The van der Waals surface area contributed by atoms with E-state index in [-0.39, 0.29) is 47.2 Å². The molecule has 2 amide bonds. The summed E-state index contributed by atoms with van der Waals surface area (Å²) in [4.78, 5) is 34.6. The Morgan fingerprint density at radius 3 is 2.47 bits per heavy atom. The molecule has 1 N–H and O–H groups in total. The molecule has 0 bridgehead atoms. The summed E-state index contributed by atoms with van der Waals surface area (Å²) < 4.78 is 38.1. The molecule has 11 heteroatoms. The Kier molecular flexibility index (Phi) is 9.22. The van der Waals surface area contributed by atoms with Gasteiger partial charge >= 0.3 is 0 Å². The van der Waals surface area contributed by atoms with E-state index < -0.39 is 17.8 Å². The highest BCUT2D eigenvalue weighted by molar-refractivity contribution is 6.32. The number of halogens is 3. The first-order valence-electron chi connectivity index (χ1n) is 12.0. The summed E-state index contributed by atoms with van der Waals surface area (Å²) in [5, 5.41) is 2.76. The first-order chi connectivity index (χ1) is 18.3. The minimum atomic E-state index is -0.992. The molecule has 200 valence electrons. The van der Waals surface area contributed by atoms with Crippen LogP contribution in [0, 0.1) is 11.6 Å². The van der Waals surface area contributed by atoms with Crippen LogP contribution >= 0.6 is 11.6 Å². The van der Waals surface area contributed by atoms with Crippen LogP contribution in [0.1, 0.15) is 15.9 Å². The van der Waals surface area contributed by atoms with Gasteiger partial charge in [-0.25, -0.2) is 13.8 Å². The summed E-state index contributed by atoms with van der Waals surface area (Å²) in [5.41, 5.74) is 0.783. The van der Waals surface area contributed by atoms with Crippen molar-refractivity contribution in [2.45, 2.75) is 12.6 Å². The van der Waals surface area contributed by atoms with E-state index in [0.29, 0.717) is 26.2 Å². The van der Waals surface area contributed by atoms with E-state index in [1.165, 1.54) is 36.5 Å². The zero-order chi connectivity index (χ0) is 27.1. The quantitative estimate of drug-likeness (QED) is 0.440. The van der Waals surface area contributed by atoms with Crippen LogP contribution in [0.15, 0.2) is 60.8 Å². The zero-order valence-corrected chi connectivity index (χ0v) is 21.5. The van der Waals surface area contributed by atoms with E-state index in [0.717, 1.165) is 11.6 Å². The minimum Gasteiger partial charge on any atom is -0.437 e. The van der Waals surface area contributed by atoms with Crippen molar-refractivity contribution in [1.29, 1.82) is 0 Å². The second kappa shape index (κ2) is 12.8. The van der Waals surface area contributed by atoms with Crippen molar-refractivity contribution in [1.82, 2.24) is 20.1 Å². The molecule has 1 atom stereocenters. The molecule has 1 aromatic heterocycles. The van der Waals surface area contributed by atoms with Crippen molar-refractivity contribution in [3.63, 3.8) is 0 Å². The van der Waals surface area contributed by atoms with Gasteiger partial charge in [0.05, 0.1) is 18.2 Å². The molecule has 38 heavy (non-hydrogen) atoms. The topological polar surface area (TPSA) is 84.0 Å². The normalized spacial score (nSPS) is 14.7. The first-order valence-corrected chi connectivity index (χ1v) is 12.4. The molecular formula is C27H27ClF2N4O4. The number of pyridine rings is 1. The molecule has 0 radical (unpaired) electrons. The second-order valence-electron chi connectivity index (χ2n) is 8.83. The lowest BCUT2D eigenvalue weighted by atomic mass is 10.2. The summed E-state index contributed by atoms with van der Waals surface area (Å²) in [7, 11) is 1.98. The Bertz CT molecular complexity index is 1270. The lowest BCUT2D eigenvalue weighted by molar-refractivity contribution is -0.136. The molecule has 0 spiro atoms. The molecule has 1 saturated heterocycles. The number of rotatable bonds is 9. The maximum Gasteiger partial charge on any atom is 0.257 e. The Hall–Kier alpha value is -3.60. The molecule has 3 aromatic rings. The maximum absolute atomic E-state index is 13.4. The Labute approximate surface area is 224 Å². The Morgan fingerprint density at radius 2 is 1.76 bits per heavy atom. The highest BCUT2D eigenvalue weighted by atomic mass is 35.5. The van der Waals surface area contributed by atoms with Gasteiger partial charge in [0.15, 0.2) is 0 Å². The number of likely N-dealkylation sites (N-methyl/N-ethyl adjacent to an activating group) is 1. The fourth-order valence-electron chi connectivity index (χ4n) is 3.84. The summed E-state index contributed by atoms with van der Waals surface area (Å²) in [6, 6.07) is 11.5. The molecule has 1 fully saturated rings. The molecule has 2 heterocycles. The van der Waals surface area contributed by atoms with Crippen LogP contribution < -0.4 is 10.1 Å². The lowest BCUT2D eigenvalue weighted by Crippen LogP contribution is -2.55. The van der Waals surface area contributed by atoms with Crippen molar-refractivity contribution in [3.05, 3.63) is 88.6 Å². The maximum atomic E-state index is 13.4. The van der Waals surface area contributed by atoms with Crippen LogP contribution in [-0.4, -0.2) is 72.5 Å². The van der Waals surface area contributed by atoms with Gasteiger partial charge in [0.2, 0.25) is 11.8 Å². The van der Waals surface area contributed by atoms with E-state index in [2.05, 4.69) is 15.2 Å². The average molecular weight is 545 g/mol. The number of nitrogens with zero attached hydrogens (tertiary/aromatic N) is 3. The number of nitrogens with one attached hydrogen (secondary N) is 1. The Morgan fingerprint density at radius 1 is 1.05 bits per heavy atom. The van der Waals surface area contributed by atoms with E-state index in [1.54, 1.807) is 23.1 Å². The van der Waals surface area contributed by atoms with Crippen LogP contribution in [0.4, 0.5) is 8.78 Å². The van der Waals surface area contributed by atoms with Crippen LogP contribution in [-0.2, 0) is 16.1 Å². The van der Waals surface area contributed by atoms with Crippen molar-refractivity contribution in [2.24, 2.45) is 0 Å². The highest BCUT2D eigenvalue weighted by Crippen LogP contribution is 2.30. The van der Waals surface area contributed by atoms with Gasteiger partial charge < -0.3 is 24.6 Å². The standard InChI is InChI=1S/C27H27ClF2N4O4/c1-33-11-13-34(14-12-33)27(36)23(17-37-16-18-4-6-19(29)7-5-18)32-25(35)21-3-2-10-31-26(21)38-24-9-8-20(30)15-22(24)28/h2-10,15,23H,11-14,16-17H2,1H3,(H,32,35). The van der Waals surface area contributed by atoms with Crippen LogP contribution in [0.5, 0.6) is 11.6 Å². The third-order valence-electron chi connectivity index (χ3n) is 6.00.